The van der Waals surface area contributed by atoms with Crippen molar-refractivity contribution in [3.63, 3.8) is 0 Å². The second-order valence-corrected chi connectivity index (χ2v) is 6.27. The number of ether oxygens (including phenoxy) is 1. The van der Waals surface area contributed by atoms with Crippen LogP contribution in [-0.4, -0.2) is 24.2 Å². The normalized spacial score (nSPS) is 26.4. The number of hydrogen-bond donors (Lipinski definition) is 2. The molecule has 1 aromatic carbocycles. The van der Waals surface area contributed by atoms with Crippen LogP contribution in [0.3, 0.4) is 0 Å². The van der Waals surface area contributed by atoms with Crippen molar-refractivity contribution in [1.82, 2.24) is 5.32 Å². The van der Waals surface area contributed by atoms with Crippen LogP contribution in [0.1, 0.15) is 32.8 Å². The first-order chi connectivity index (χ1) is 10.2. The predicted molar refractivity (Wildman–Crippen MR) is 78.9 cm³/mol. The number of nitrogens with one attached hydrogen (secondary N) is 1. The molecule has 122 valence electrons. The summed E-state index contributed by atoms with van der Waals surface area (Å²) < 4.78 is 31.6. The molecule has 0 heterocycles. The lowest BCUT2D eigenvalue weighted by Crippen LogP contribution is -2.75. The van der Waals surface area contributed by atoms with Crippen molar-refractivity contribution in [2.75, 3.05) is 6.61 Å². The van der Waals surface area contributed by atoms with Gasteiger partial charge in [-0.3, -0.25) is 4.79 Å². The molecule has 22 heavy (non-hydrogen) atoms. The van der Waals surface area contributed by atoms with Gasteiger partial charge in [-0.25, -0.2) is 8.78 Å². The summed E-state index contributed by atoms with van der Waals surface area (Å²) in [5, 5.41) is 2.70. The fraction of sp³-hybridized carbons (Fsp3) is 0.562. The van der Waals surface area contributed by atoms with E-state index in [9.17, 15) is 13.6 Å². The Morgan fingerprint density at radius 3 is 2.64 bits per heavy atom. The number of carbonyl (C=O) groups excluding carboxylic acids is 1. The van der Waals surface area contributed by atoms with Crippen LogP contribution in [0.25, 0.3) is 0 Å². The second kappa shape index (κ2) is 5.93. The summed E-state index contributed by atoms with van der Waals surface area (Å²) in [5.41, 5.74) is 5.21. The SMILES string of the molecule is CCOC1CC(N)(C(=O)NCc2ccc(F)c(F)c2)C1(C)C. The molecule has 2 unspecified atom stereocenters. The minimum absolute atomic E-state index is 0.0588. The summed E-state index contributed by atoms with van der Waals surface area (Å²) >= 11 is 0. The third-order valence-electron chi connectivity index (χ3n) is 4.67. The standard InChI is InChI=1S/C16H22F2N2O2/c1-4-22-13-8-16(19,15(13,2)3)14(21)20-9-10-5-6-11(17)12(18)7-10/h5-7,13H,4,8-9,19H2,1-3H3,(H,20,21). The van der Waals surface area contributed by atoms with Gasteiger partial charge < -0.3 is 15.8 Å². The molecule has 0 aromatic heterocycles. The number of carbonyl (C=O) groups is 1. The van der Waals surface area contributed by atoms with Gasteiger partial charge in [0.15, 0.2) is 11.6 Å². The van der Waals surface area contributed by atoms with Crippen molar-refractivity contribution >= 4 is 5.91 Å². The van der Waals surface area contributed by atoms with Crippen molar-refractivity contribution in [1.29, 1.82) is 0 Å². The zero-order valence-electron chi connectivity index (χ0n) is 13.1. The molecule has 2 rings (SSSR count). The summed E-state index contributed by atoms with van der Waals surface area (Å²) in [7, 11) is 0. The van der Waals surface area contributed by atoms with E-state index in [1.807, 2.05) is 20.8 Å². The quantitative estimate of drug-likeness (QED) is 0.875. The molecule has 2 atom stereocenters. The highest BCUT2D eigenvalue weighted by molar-refractivity contribution is 5.88. The number of hydrogen-bond acceptors (Lipinski definition) is 3. The minimum Gasteiger partial charge on any atom is -0.378 e. The van der Waals surface area contributed by atoms with Gasteiger partial charge in [-0.2, -0.15) is 0 Å². The summed E-state index contributed by atoms with van der Waals surface area (Å²) in [6, 6.07) is 3.53. The van der Waals surface area contributed by atoms with Gasteiger partial charge in [0.2, 0.25) is 5.91 Å². The summed E-state index contributed by atoms with van der Waals surface area (Å²) in [6.45, 7) is 6.36. The van der Waals surface area contributed by atoms with Gasteiger partial charge in [0.05, 0.1) is 6.10 Å². The Morgan fingerprint density at radius 1 is 1.41 bits per heavy atom. The first kappa shape index (κ1) is 16.8. The Morgan fingerprint density at radius 2 is 2.09 bits per heavy atom. The van der Waals surface area contributed by atoms with Crippen LogP contribution < -0.4 is 11.1 Å². The Balaban J connectivity index is 1.99. The van der Waals surface area contributed by atoms with Crippen molar-refractivity contribution in [2.24, 2.45) is 11.1 Å². The van der Waals surface area contributed by atoms with Crippen LogP contribution in [0.2, 0.25) is 0 Å². The van der Waals surface area contributed by atoms with E-state index in [1.165, 1.54) is 6.07 Å². The lowest BCUT2D eigenvalue weighted by molar-refractivity contribution is -0.170. The first-order valence-corrected chi connectivity index (χ1v) is 7.35. The van der Waals surface area contributed by atoms with Gasteiger partial charge in [-0.1, -0.05) is 19.9 Å². The molecule has 1 aromatic rings. The molecular formula is C16H22F2N2O2. The van der Waals surface area contributed by atoms with Crippen LogP contribution in [0.4, 0.5) is 8.78 Å². The maximum absolute atomic E-state index is 13.1. The van der Waals surface area contributed by atoms with Gasteiger partial charge >= 0.3 is 0 Å². The molecule has 0 spiro atoms. The van der Waals surface area contributed by atoms with E-state index in [-0.39, 0.29) is 18.6 Å². The van der Waals surface area contributed by atoms with E-state index in [2.05, 4.69) is 5.32 Å². The van der Waals surface area contributed by atoms with Crippen molar-refractivity contribution in [2.45, 2.75) is 45.4 Å². The molecule has 0 radical (unpaired) electrons. The van der Waals surface area contributed by atoms with Crippen LogP contribution in [0.15, 0.2) is 18.2 Å². The van der Waals surface area contributed by atoms with E-state index in [0.29, 0.717) is 18.6 Å². The number of halogens is 2. The lowest BCUT2D eigenvalue weighted by Gasteiger charge is -2.57. The third-order valence-corrected chi connectivity index (χ3v) is 4.67. The zero-order chi connectivity index (χ0) is 16.5. The van der Waals surface area contributed by atoms with Crippen molar-refractivity contribution in [3.8, 4) is 0 Å². The van der Waals surface area contributed by atoms with Gasteiger partial charge in [-0.05, 0) is 24.6 Å². The van der Waals surface area contributed by atoms with E-state index in [0.717, 1.165) is 12.1 Å². The largest absolute Gasteiger partial charge is 0.378 e. The number of rotatable bonds is 5. The molecule has 0 bridgehead atoms. The van der Waals surface area contributed by atoms with Crippen LogP contribution in [0, 0.1) is 17.0 Å². The molecule has 1 fully saturated rings. The summed E-state index contributed by atoms with van der Waals surface area (Å²) in [6.07, 6.45) is 0.383. The molecule has 4 nitrogen and oxygen atoms in total. The van der Waals surface area contributed by atoms with Gasteiger partial charge in [0.1, 0.15) is 5.54 Å². The highest BCUT2D eigenvalue weighted by Gasteiger charge is 2.62. The monoisotopic (exact) mass is 312 g/mol. The number of amides is 1. The van der Waals surface area contributed by atoms with E-state index in [1.54, 1.807) is 0 Å². The molecule has 6 heteroatoms. The lowest BCUT2D eigenvalue weighted by atomic mass is 9.54. The predicted octanol–water partition coefficient (Wildman–Crippen LogP) is 2.11. The number of benzene rings is 1. The van der Waals surface area contributed by atoms with Crippen LogP contribution in [0.5, 0.6) is 0 Å². The van der Waals surface area contributed by atoms with Gasteiger partial charge in [0.25, 0.3) is 0 Å². The first-order valence-electron chi connectivity index (χ1n) is 7.35. The molecule has 1 aliphatic carbocycles. The number of nitrogens with two attached hydrogens (primary N) is 1. The highest BCUT2D eigenvalue weighted by Crippen LogP contribution is 2.49. The molecule has 1 saturated carbocycles. The van der Waals surface area contributed by atoms with Gasteiger partial charge in [0, 0.05) is 25.0 Å². The molecule has 0 aliphatic heterocycles. The fourth-order valence-corrected chi connectivity index (χ4v) is 2.81. The van der Waals surface area contributed by atoms with Gasteiger partial charge in [-0.15, -0.1) is 0 Å². The molecular weight excluding hydrogens is 290 g/mol. The van der Waals surface area contributed by atoms with Crippen molar-refractivity contribution < 1.29 is 18.3 Å². The fourth-order valence-electron chi connectivity index (χ4n) is 2.81. The minimum atomic E-state index is -1.02. The Kier molecular flexibility index (Phi) is 4.54. The van der Waals surface area contributed by atoms with E-state index < -0.39 is 22.6 Å². The average Bonchev–Trinajstić information content (AvgIpc) is 2.47. The molecule has 1 aliphatic rings. The Labute approximate surface area is 129 Å². The molecule has 0 saturated heterocycles. The Bertz CT molecular complexity index is 577. The van der Waals surface area contributed by atoms with Crippen molar-refractivity contribution in [3.05, 3.63) is 35.4 Å². The third kappa shape index (κ3) is 2.73. The van der Waals surface area contributed by atoms with Crippen LogP contribution >= 0.6 is 0 Å². The van der Waals surface area contributed by atoms with Crippen LogP contribution in [-0.2, 0) is 16.1 Å². The second-order valence-electron chi connectivity index (χ2n) is 6.27. The topological polar surface area (TPSA) is 64.3 Å². The smallest absolute Gasteiger partial charge is 0.241 e. The average molecular weight is 312 g/mol. The van der Waals surface area contributed by atoms with E-state index >= 15 is 0 Å². The highest BCUT2D eigenvalue weighted by atomic mass is 19.2. The van der Waals surface area contributed by atoms with E-state index in [4.69, 9.17) is 10.5 Å². The zero-order valence-corrected chi connectivity index (χ0v) is 13.1. The summed E-state index contributed by atoms with van der Waals surface area (Å²) in [5.74, 6) is -2.15. The maximum Gasteiger partial charge on any atom is 0.241 e. The molecule has 3 N–H and O–H groups in total. The Hall–Kier alpha value is -1.53. The molecule has 1 amide bonds. The summed E-state index contributed by atoms with van der Waals surface area (Å²) in [4.78, 5) is 12.4. The maximum atomic E-state index is 13.1.